The van der Waals surface area contributed by atoms with E-state index in [0.717, 1.165) is 63.3 Å². The van der Waals surface area contributed by atoms with Gasteiger partial charge in [0.2, 0.25) is 0 Å². The molecule has 182 valence electrons. The van der Waals surface area contributed by atoms with Crippen molar-refractivity contribution in [2.45, 2.75) is 51.7 Å². The van der Waals surface area contributed by atoms with Crippen LogP contribution in [0.2, 0.25) is 0 Å². The first-order valence-corrected chi connectivity index (χ1v) is 12.8. The van der Waals surface area contributed by atoms with E-state index in [-0.39, 0.29) is 5.92 Å². The predicted molar refractivity (Wildman–Crippen MR) is 138 cm³/mol. The summed E-state index contributed by atoms with van der Waals surface area (Å²) >= 11 is 3.51. The third kappa shape index (κ3) is 4.98. The molecule has 0 spiro atoms. The molecule has 2 aromatic carbocycles. The minimum Gasteiger partial charge on any atom is -0.487 e. The van der Waals surface area contributed by atoms with Crippen molar-refractivity contribution in [3.63, 3.8) is 0 Å². The van der Waals surface area contributed by atoms with Crippen LogP contribution in [0, 0.1) is 12.8 Å². The van der Waals surface area contributed by atoms with Crippen molar-refractivity contribution in [1.82, 2.24) is 19.3 Å². The van der Waals surface area contributed by atoms with E-state index in [2.05, 4.69) is 37.7 Å². The molecule has 1 saturated carbocycles. The first kappa shape index (κ1) is 23.6. The van der Waals surface area contributed by atoms with E-state index in [0.29, 0.717) is 19.6 Å². The van der Waals surface area contributed by atoms with Crippen LogP contribution in [0.3, 0.4) is 0 Å². The van der Waals surface area contributed by atoms with Crippen molar-refractivity contribution in [3.8, 4) is 5.75 Å². The van der Waals surface area contributed by atoms with E-state index in [4.69, 9.17) is 9.72 Å². The lowest BCUT2D eigenvalue weighted by atomic mass is 9.78. The monoisotopic (exact) mass is 536 g/mol. The second kappa shape index (κ2) is 9.85. The average Bonchev–Trinajstić information content (AvgIpc) is 3.37. The van der Waals surface area contributed by atoms with Gasteiger partial charge < -0.3 is 14.4 Å². The third-order valence-corrected chi connectivity index (χ3v) is 7.43. The fourth-order valence-electron chi connectivity index (χ4n) is 5.12. The number of halogens is 1. The quantitative estimate of drug-likeness (QED) is 0.321. The van der Waals surface area contributed by atoms with Gasteiger partial charge in [-0.2, -0.15) is 5.10 Å². The van der Waals surface area contributed by atoms with Gasteiger partial charge >= 0.3 is 5.97 Å². The summed E-state index contributed by atoms with van der Waals surface area (Å²) in [5.41, 5.74) is 4.90. The first-order chi connectivity index (χ1) is 16.9. The van der Waals surface area contributed by atoms with Gasteiger partial charge in [0.05, 0.1) is 28.3 Å². The van der Waals surface area contributed by atoms with Gasteiger partial charge in [-0.1, -0.05) is 40.9 Å². The van der Waals surface area contributed by atoms with Gasteiger partial charge in [-0.05, 0) is 55.7 Å². The van der Waals surface area contributed by atoms with E-state index in [1.54, 1.807) is 0 Å². The van der Waals surface area contributed by atoms with Gasteiger partial charge in [-0.3, -0.25) is 9.48 Å². The van der Waals surface area contributed by atoms with E-state index in [1.807, 2.05) is 55.1 Å². The van der Waals surface area contributed by atoms with Gasteiger partial charge in [-0.25, -0.2) is 4.98 Å². The van der Waals surface area contributed by atoms with Crippen molar-refractivity contribution in [2.24, 2.45) is 13.0 Å². The fraction of sp³-hybridized carbons (Fsp3) is 0.370. The van der Waals surface area contributed by atoms with Crippen LogP contribution in [-0.4, -0.2) is 30.4 Å². The summed E-state index contributed by atoms with van der Waals surface area (Å²) in [6.07, 6.45) is 3.50. The highest BCUT2D eigenvalue weighted by atomic mass is 79.9. The zero-order chi connectivity index (χ0) is 24.5. The Labute approximate surface area is 212 Å². The lowest BCUT2D eigenvalue weighted by Crippen LogP contribution is -2.27. The number of rotatable bonds is 7. The summed E-state index contributed by atoms with van der Waals surface area (Å²) in [5.74, 6) is 0.360. The van der Waals surface area contributed by atoms with Crippen molar-refractivity contribution in [1.29, 1.82) is 0 Å². The van der Waals surface area contributed by atoms with Crippen LogP contribution in [0.15, 0.2) is 53.0 Å². The molecule has 35 heavy (non-hydrogen) atoms. The normalized spacial score (nSPS) is 18.1. The minimum atomic E-state index is -0.729. The van der Waals surface area contributed by atoms with Gasteiger partial charge in [-0.15, -0.1) is 0 Å². The number of benzene rings is 2. The molecule has 1 fully saturated rings. The summed E-state index contributed by atoms with van der Waals surface area (Å²) < 4.78 is 11.2. The number of carboxylic acid groups (broad SMARTS) is 1. The standard InChI is InChI=1S/C27H29BrN4O3/c1-17-13-20(31(2)30-17)16-35-21-11-12-24-25(14-21)32(15-18-7-9-19(28)10-8-18)26(29-24)22-5-3-4-6-23(22)27(33)34/h7-14,22-23H,3-6,15-16H2,1-2H3,(H,33,34). The molecule has 1 aliphatic rings. The molecule has 2 atom stereocenters. The number of ether oxygens (including phenoxy) is 1. The van der Waals surface area contributed by atoms with Crippen LogP contribution in [0.25, 0.3) is 11.0 Å². The Morgan fingerprint density at radius 2 is 1.91 bits per heavy atom. The molecule has 0 amide bonds. The number of aromatic nitrogens is 4. The Hall–Kier alpha value is -3.13. The van der Waals surface area contributed by atoms with Crippen LogP contribution in [0.1, 0.15) is 54.4 Å². The molecule has 2 heterocycles. The Morgan fingerprint density at radius 3 is 2.63 bits per heavy atom. The fourth-order valence-corrected chi connectivity index (χ4v) is 5.39. The largest absolute Gasteiger partial charge is 0.487 e. The SMILES string of the molecule is Cc1cc(COc2ccc3nc(C4CCCCC4C(=O)O)n(Cc4ccc(Br)cc4)c3c2)n(C)n1. The second-order valence-corrected chi connectivity index (χ2v) is 10.3. The van der Waals surface area contributed by atoms with Gasteiger partial charge in [0.1, 0.15) is 18.2 Å². The molecule has 7 nitrogen and oxygen atoms in total. The van der Waals surface area contributed by atoms with Crippen LogP contribution < -0.4 is 4.74 Å². The summed E-state index contributed by atoms with van der Waals surface area (Å²) in [6.45, 7) is 3.00. The van der Waals surface area contributed by atoms with E-state index < -0.39 is 11.9 Å². The maximum Gasteiger partial charge on any atom is 0.307 e. The highest BCUT2D eigenvalue weighted by Gasteiger charge is 2.35. The number of fused-ring (bicyclic) bond motifs is 1. The lowest BCUT2D eigenvalue weighted by molar-refractivity contribution is -0.143. The van der Waals surface area contributed by atoms with Crippen LogP contribution >= 0.6 is 15.9 Å². The van der Waals surface area contributed by atoms with Crippen LogP contribution in [-0.2, 0) is 25.0 Å². The number of nitrogens with zero attached hydrogens (tertiary/aromatic N) is 4. The average molecular weight is 537 g/mol. The van der Waals surface area contributed by atoms with Crippen LogP contribution in [0.5, 0.6) is 5.75 Å². The molecule has 8 heteroatoms. The van der Waals surface area contributed by atoms with Crippen LogP contribution in [0.4, 0.5) is 0 Å². The predicted octanol–water partition coefficient (Wildman–Crippen LogP) is 5.83. The Morgan fingerprint density at radius 1 is 1.14 bits per heavy atom. The first-order valence-electron chi connectivity index (χ1n) is 12.0. The number of aryl methyl sites for hydroxylation is 2. The maximum atomic E-state index is 12.1. The molecule has 0 radical (unpaired) electrons. The van der Waals surface area contributed by atoms with E-state index in [1.165, 1.54) is 0 Å². The molecule has 5 rings (SSSR count). The molecular formula is C27H29BrN4O3. The molecule has 0 bridgehead atoms. The lowest BCUT2D eigenvalue weighted by Gasteiger charge is -2.28. The van der Waals surface area contributed by atoms with Crippen molar-refractivity contribution in [2.75, 3.05) is 0 Å². The Balaban J connectivity index is 1.54. The number of imidazole rings is 1. The zero-order valence-corrected chi connectivity index (χ0v) is 21.5. The summed E-state index contributed by atoms with van der Waals surface area (Å²) in [7, 11) is 1.91. The summed E-state index contributed by atoms with van der Waals surface area (Å²) in [5, 5.41) is 14.3. The Bertz CT molecular complexity index is 1360. The number of aliphatic carboxylic acids is 1. The van der Waals surface area contributed by atoms with Gasteiger partial charge in [0, 0.05) is 30.0 Å². The van der Waals surface area contributed by atoms with E-state index >= 15 is 0 Å². The Kier molecular flexibility index (Phi) is 6.65. The molecule has 0 aliphatic heterocycles. The minimum absolute atomic E-state index is 0.106. The molecule has 4 aromatic rings. The smallest absolute Gasteiger partial charge is 0.307 e. The van der Waals surface area contributed by atoms with Gasteiger partial charge in [0.25, 0.3) is 0 Å². The highest BCUT2D eigenvalue weighted by Crippen LogP contribution is 2.39. The van der Waals surface area contributed by atoms with Crippen molar-refractivity contribution < 1.29 is 14.6 Å². The number of hydrogen-bond acceptors (Lipinski definition) is 4. The molecule has 2 aromatic heterocycles. The molecular weight excluding hydrogens is 508 g/mol. The zero-order valence-electron chi connectivity index (χ0n) is 19.9. The summed E-state index contributed by atoms with van der Waals surface area (Å²) in [4.78, 5) is 17.1. The second-order valence-electron chi connectivity index (χ2n) is 9.36. The maximum absolute atomic E-state index is 12.1. The third-order valence-electron chi connectivity index (χ3n) is 6.90. The topological polar surface area (TPSA) is 82.2 Å². The summed E-state index contributed by atoms with van der Waals surface area (Å²) in [6, 6.07) is 16.2. The van der Waals surface area contributed by atoms with Gasteiger partial charge in [0.15, 0.2) is 0 Å². The van der Waals surface area contributed by atoms with E-state index in [9.17, 15) is 9.90 Å². The molecule has 1 aliphatic carbocycles. The number of hydrogen-bond donors (Lipinski definition) is 1. The molecule has 0 saturated heterocycles. The van der Waals surface area contributed by atoms with Crippen molar-refractivity contribution in [3.05, 3.63) is 75.8 Å². The molecule has 1 N–H and O–H groups in total. The number of carboxylic acids is 1. The number of carbonyl (C=O) groups is 1. The van der Waals surface area contributed by atoms with Crippen molar-refractivity contribution >= 4 is 32.9 Å². The highest BCUT2D eigenvalue weighted by molar-refractivity contribution is 9.10. The molecule has 2 unspecified atom stereocenters.